The summed E-state index contributed by atoms with van der Waals surface area (Å²) >= 11 is 4.52. The quantitative estimate of drug-likeness (QED) is 0.370. The Labute approximate surface area is 199 Å². The Hall–Kier alpha value is -2.17. The maximum Gasteiger partial charge on any atom is 0.341 e. The summed E-state index contributed by atoms with van der Waals surface area (Å²) in [5, 5.41) is 14.9. The molecule has 0 unspecified atom stereocenters. The summed E-state index contributed by atoms with van der Waals surface area (Å²) in [5.41, 5.74) is 3.85. The number of hydrogen-bond donors (Lipinski definition) is 1. The smallest absolute Gasteiger partial charge is 0.341 e. The van der Waals surface area contributed by atoms with Crippen molar-refractivity contribution < 1.29 is 14.3 Å². The monoisotopic (exact) mass is 490 g/mol. The van der Waals surface area contributed by atoms with E-state index in [2.05, 4.69) is 34.7 Å². The van der Waals surface area contributed by atoms with E-state index in [1.807, 2.05) is 11.6 Å². The molecule has 3 aromatic rings. The van der Waals surface area contributed by atoms with E-state index < -0.39 is 0 Å². The molecule has 0 fully saturated rings. The molecule has 3 aromatic heterocycles. The van der Waals surface area contributed by atoms with Crippen LogP contribution in [0.15, 0.2) is 10.5 Å². The number of fused-ring (bicyclic) bond motifs is 1. The first-order valence-electron chi connectivity index (χ1n) is 10.6. The van der Waals surface area contributed by atoms with Gasteiger partial charge in [-0.05, 0) is 57.6 Å². The number of amides is 1. The zero-order chi connectivity index (χ0) is 22.8. The Morgan fingerprint density at radius 2 is 2.03 bits per heavy atom. The van der Waals surface area contributed by atoms with Gasteiger partial charge in [-0.15, -0.1) is 32.9 Å². The van der Waals surface area contributed by atoms with Crippen LogP contribution in [0.5, 0.6) is 0 Å². The molecule has 1 aliphatic carbocycles. The Bertz CT molecular complexity index is 1160. The fourth-order valence-electron chi connectivity index (χ4n) is 3.78. The Morgan fingerprint density at radius 3 is 2.75 bits per heavy atom. The first-order chi connectivity index (χ1) is 15.4. The van der Waals surface area contributed by atoms with Crippen LogP contribution in [0.25, 0.3) is 11.4 Å². The molecule has 0 bridgehead atoms. The third-order valence-corrected chi connectivity index (χ3v) is 8.84. The summed E-state index contributed by atoms with van der Waals surface area (Å²) in [6.45, 7) is 6.27. The highest BCUT2D eigenvalue weighted by Gasteiger charge is 2.27. The lowest BCUT2D eigenvalue weighted by Crippen LogP contribution is -2.17. The lowest BCUT2D eigenvalue weighted by Gasteiger charge is -2.12. The minimum atomic E-state index is -0.353. The van der Waals surface area contributed by atoms with Crippen molar-refractivity contribution in [3.63, 3.8) is 0 Å². The summed E-state index contributed by atoms with van der Waals surface area (Å²) in [7, 11) is 1.91. The van der Waals surface area contributed by atoms with Crippen LogP contribution >= 0.6 is 34.4 Å². The van der Waals surface area contributed by atoms with Crippen molar-refractivity contribution >= 4 is 51.3 Å². The van der Waals surface area contributed by atoms with Crippen LogP contribution in [0, 0.1) is 13.8 Å². The van der Waals surface area contributed by atoms with E-state index in [0.717, 1.165) is 42.6 Å². The van der Waals surface area contributed by atoms with Gasteiger partial charge in [0.25, 0.3) is 0 Å². The predicted molar refractivity (Wildman–Crippen MR) is 130 cm³/mol. The second-order valence-electron chi connectivity index (χ2n) is 7.67. The van der Waals surface area contributed by atoms with Crippen LogP contribution in [0.2, 0.25) is 0 Å². The predicted octanol–water partition coefficient (Wildman–Crippen LogP) is 5.01. The molecule has 170 valence electrons. The van der Waals surface area contributed by atoms with E-state index in [4.69, 9.17) is 4.74 Å². The van der Waals surface area contributed by atoms with Gasteiger partial charge in [-0.2, -0.15) is 0 Å². The number of nitrogens with zero attached hydrogens (tertiary/aromatic N) is 3. The van der Waals surface area contributed by atoms with Crippen molar-refractivity contribution in [3.8, 4) is 11.4 Å². The van der Waals surface area contributed by atoms with Crippen LogP contribution in [-0.4, -0.2) is 39.0 Å². The minimum Gasteiger partial charge on any atom is -0.462 e. The maximum absolute atomic E-state index is 12.7. The molecule has 4 rings (SSSR count). The van der Waals surface area contributed by atoms with E-state index in [1.165, 1.54) is 38.4 Å². The molecule has 0 aromatic carbocycles. The van der Waals surface area contributed by atoms with Gasteiger partial charge in [0.1, 0.15) is 5.00 Å². The number of carbonyl (C=O) groups is 2. The molecule has 0 spiro atoms. The number of aryl methyl sites for hydroxylation is 2. The molecule has 0 saturated carbocycles. The van der Waals surface area contributed by atoms with Crippen molar-refractivity contribution in [1.29, 1.82) is 0 Å². The number of anilines is 1. The summed E-state index contributed by atoms with van der Waals surface area (Å²) < 4.78 is 7.18. The van der Waals surface area contributed by atoms with Gasteiger partial charge in [0.05, 0.1) is 17.9 Å². The molecule has 0 aliphatic heterocycles. The Morgan fingerprint density at radius 1 is 1.25 bits per heavy atom. The van der Waals surface area contributed by atoms with Crippen molar-refractivity contribution in [2.75, 3.05) is 17.7 Å². The number of aromatic nitrogens is 3. The van der Waals surface area contributed by atoms with E-state index >= 15 is 0 Å². The number of ether oxygens (including phenoxy) is 1. The van der Waals surface area contributed by atoms with E-state index in [9.17, 15) is 9.59 Å². The van der Waals surface area contributed by atoms with Gasteiger partial charge in [-0.1, -0.05) is 11.8 Å². The average Bonchev–Trinajstić information content (AvgIpc) is 3.42. The van der Waals surface area contributed by atoms with Gasteiger partial charge in [0.2, 0.25) is 5.91 Å². The third-order valence-electron chi connectivity index (χ3n) is 5.60. The molecule has 7 nitrogen and oxygen atoms in total. The number of nitrogens with one attached hydrogen (secondary N) is 1. The Balaban J connectivity index is 1.47. The van der Waals surface area contributed by atoms with Gasteiger partial charge in [0.15, 0.2) is 11.0 Å². The second kappa shape index (κ2) is 9.76. The van der Waals surface area contributed by atoms with Gasteiger partial charge in [-0.25, -0.2) is 4.79 Å². The minimum absolute atomic E-state index is 0.175. The van der Waals surface area contributed by atoms with E-state index in [1.54, 1.807) is 18.3 Å². The molecule has 1 amide bonds. The first-order valence-corrected chi connectivity index (χ1v) is 13.3. The standard InChI is InChI=1S/C22H26N4O3S3/c1-5-29-21(28)18-14-8-6-7-9-16(14)32-20(18)23-17(27)11-31-22-25-24-19(26(22)4)15-10-30-13(3)12(15)2/h10H,5-9,11H2,1-4H3,(H,23,27). The molecule has 32 heavy (non-hydrogen) atoms. The molecule has 0 radical (unpaired) electrons. The molecule has 1 N–H and O–H groups in total. The van der Waals surface area contributed by atoms with Gasteiger partial charge in [0, 0.05) is 27.7 Å². The average molecular weight is 491 g/mol. The highest BCUT2D eigenvalue weighted by Crippen LogP contribution is 2.39. The van der Waals surface area contributed by atoms with Gasteiger partial charge < -0.3 is 14.6 Å². The van der Waals surface area contributed by atoms with E-state index in [-0.39, 0.29) is 17.6 Å². The molecule has 0 saturated heterocycles. The Kier molecular flexibility index (Phi) is 7.02. The van der Waals surface area contributed by atoms with Gasteiger partial charge >= 0.3 is 5.97 Å². The third kappa shape index (κ3) is 4.49. The molecule has 10 heteroatoms. The lowest BCUT2D eigenvalue weighted by atomic mass is 9.95. The zero-order valence-corrected chi connectivity index (χ0v) is 21.1. The summed E-state index contributed by atoms with van der Waals surface area (Å²) in [6.07, 6.45) is 3.96. The maximum atomic E-state index is 12.7. The van der Waals surface area contributed by atoms with Crippen molar-refractivity contribution in [2.45, 2.75) is 51.6 Å². The number of carbonyl (C=O) groups excluding carboxylic acids is 2. The normalized spacial score (nSPS) is 13.1. The van der Waals surface area contributed by atoms with Gasteiger partial charge in [-0.3, -0.25) is 4.79 Å². The summed E-state index contributed by atoms with van der Waals surface area (Å²) in [6, 6.07) is 0. The highest BCUT2D eigenvalue weighted by molar-refractivity contribution is 7.99. The summed E-state index contributed by atoms with van der Waals surface area (Å²) in [5.74, 6) is 0.448. The van der Waals surface area contributed by atoms with Crippen LogP contribution in [0.3, 0.4) is 0 Å². The number of thiophene rings is 2. The van der Waals surface area contributed by atoms with Crippen molar-refractivity contribution in [2.24, 2.45) is 7.05 Å². The zero-order valence-electron chi connectivity index (χ0n) is 18.6. The number of rotatable bonds is 7. The van der Waals surface area contributed by atoms with Crippen LogP contribution < -0.4 is 5.32 Å². The topological polar surface area (TPSA) is 86.1 Å². The SMILES string of the molecule is CCOC(=O)c1c(NC(=O)CSc2nnc(-c3csc(C)c3C)n2C)sc2c1CCCC2. The largest absolute Gasteiger partial charge is 0.462 e. The number of thioether (sulfide) groups is 1. The lowest BCUT2D eigenvalue weighted by molar-refractivity contribution is -0.113. The van der Waals surface area contributed by atoms with Crippen LogP contribution in [-0.2, 0) is 29.4 Å². The molecular formula is C22H26N4O3S3. The van der Waals surface area contributed by atoms with Crippen molar-refractivity contribution in [3.05, 3.63) is 31.8 Å². The fraction of sp³-hybridized carbons (Fsp3) is 0.455. The molecule has 1 aliphatic rings. The molecular weight excluding hydrogens is 464 g/mol. The second-order valence-corrected chi connectivity index (χ2v) is 10.8. The number of esters is 1. The molecule has 3 heterocycles. The van der Waals surface area contributed by atoms with Crippen LogP contribution in [0.1, 0.15) is 51.0 Å². The fourth-order valence-corrected chi connectivity index (χ4v) is 6.64. The van der Waals surface area contributed by atoms with Crippen molar-refractivity contribution in [1.82, 2.24) is 14.8 Å². The molecule has 0 atom stereocenters. The van der Waals surface area contributed by atoms with E-state index in [0.29, 0.717) is 22.3 Å². The number of hydrogen-bond acceptors (Lipinski definition) is 8. The highest BCUT2D eigenvalue weighted by atomic mass is 32.2. The summed E-state index contributed by atoms with van der Waals surface area (Å²) in [4.78, 5) is 27.8. The van der Waals surface area contributed by atoms with Crippen LogP contribution in [0.4, 0.5) is 5.00 Å². The first kappa shape index (κ1) is 23.0.